The third-order valence-electron chi connectivity index (χ3n) is 11.6. The Labute approximate surface area is 350 Å². The van der Waals surface area contributed by atoms with Gasteiger partial charge in [0.25, 0.3) is 11.5 Å². The van der Waals surface area contributed by atoms with Crippen LogP contribution in [-0.2, 0) is 21.4 Å². The molecular weight excluding hydrogens is 795 g/mol. The molecule has 3 amide bonds. The van der Waals surface area contributed by atoms with Crippen LogP contribution in [0.1, 0.15) is 50.8 Å². The van der Waals surface area contributed by atoms with E-state index in [-0.39, 0.29) is 53.6 Å². The monoisotopic (exact) mass is 842 g/mol. The Morgan fingerprint density at radius 1 is 1.05 bits per heavy atom. The first kappa shape index (κ1) is 40.9. The molecule has 8 rings (SSSR count). The van der Waals surface area contributed by atoms with Gasteiger partial charge >= 0.3 is 0 Å². The zero-order valence-corrected chi connectivity index (χ0v) is 34.7. The number of aryl methyl sites for hydroxylation is 1. The number of pyridine rings is 2. The van der Waals surface area contributed by atoms with Crippen LogP contribution in [0.3, 0.4) is 0 Å². The maximum absolute atomic E-state index is 16.0. The van der Waals surface area contributed by atoms with Gasteiger partial charge in [-0.1, -0.05) is 23.7 Å². The zero-order chi connectivity index (χ0) is 42.2. The molecule has 19 heteroatoms. The molecule has 0 bridgehead atoms. The molecule has 0 saturated carbocycles. The molecule has 3 N–H and O–H groups in total. The van der Waals surface area contributed by atoms with E-state index in [1.165, 1.54) is 17.8 Å². The molecule has 0 spiro atoms. The summed E-state index contributed by atoms with van der Waals surface area (Å²) >= 11 is 6.55. The summed E-state index contributed by atoms with van der Waals surface area (Å²) in [4.78, 5) is 69.7. The van der Waals surface area contributed by atoms with E-state index in [1.807, 2.05) is 42.6 Å². The summed E-state index contributed by atoms with van der Waals surface area (Å²) in [7, 11) is 3.38. The molecular formula is C41H48ClFN12O5. The van der Waals surface area contributed by atoms with Crippen LogP contribution in [-0.4, -0.2) is 118 Å². The van der Waals surface area contributed by atoms with Gasteiger partial charge < -0.3 is 25.2 Å². The minimum absolute atomic E-state index is 0.0228. The molecule has 316 valence electrons. The minimum Gasteiger partial charge on any atom is -0.478 e. The fourth-order valence-electron chi connectivity index (χ4n) is 8.46. The second-order valence-corrected chi connectivity index (χ2v) is 16.3. The van der Waals surface area contributed by atoms with Crippen molar-refractivity contribution in [3.05, 3.63) is 63.8 Å². The largest absolute Gasteiger partial charge is 0.478 e. The Hall–Kier alpha value is -5.88. The lowest BCUT2D eigenvalue weighted by molar-refractivity contribution is -0.134. The molecule has 4 aromatic heterocycles. The van der Waals surface area contributed by atoms with Gasteiger partial charge in [-0.25, -0.2) is 14.4 Å². The minimum atomic E-state index is -1.09. The van der Waals surface area contributed by atoms with E-state index in [4.69, 9.17) is 21.4 Å². The molecule has 3 saturated heterocycles. The van der Waals surface area contributed by atoms with E-state index >= 15 is 4.39 Å². The third kappa shape index (κ3) is 8.17. The summed E-state index contributed by atoms with van der Waals surface area (Å²) in [6, 6.07) is 9.17. The molecule has 3 aliphatic heterocycles. The number of rotatable bonds is 11. The number of benzene rings is 1. The Morgan fingerprint density at radius 2 is 1.85 bits per heavy atom. The van der Waals surface area contributed by atoms with Gasteiger partial charge in [-0.15, -0.1) is 0 Å². The van der Waals surface area contributed by atoms with Crippen LogP contribution >= 0.6 is 11.6 Å². The van der Waals surface area contributed by atoms with Crippen LogP contribution in [0.5, 0.6) is 5.75 Å². The highest BCUT2D eigenvalue weighted by Crippen LogP contribution is 2.36. The number of anilines is 4. The third-order valence-corrected chi connectivity index (χ3v) is 11.9. The van der Waals surface area contributed by atoms with Crippen LogP contribution < -0.4 is 36.0 Å². The standard InChI is InChI=1S/C41H48ClFN12O5/c1-23(2)55-38-25(17-32(40(55)59)60-22-34(57)44-3)16-26(18-45-38)47-37-29(42)19-46-41(49-37)54-11-10-24(30(43)21-54)20-52-12-14-53(15-13-52)31-7-5-6-27-35(50-51(4)36(27)31)28-8-9-33(56)48-39(28)58/h5-7,16-19,23-24,28,30H,8-15,20-22H2,1-4H3,(H,44,57)(H,46,47,49)(H,48,56,58)/t24?,28?,30-/m1/s1. The summed E-state index contributed by atoms with van der Waals surface area (Å²) in [5.74, 6) is -0.834. The highest BCUT2D eigenvalue weighted by molar-refractivity contribution is 6.33. The average Bonchev–Trinajstić information content (AvgIpc) is 3.57. The lowest BCUT2D eigenvalue weighted by Gasteiger charge is -2.41. The molecule has 5 aromatic rings. The van der Waals surface area contributed by atoms with Crippen LogP contribution in [0, 0.1) is 5.92 Å². The molecule has 3 fully saturated rings. The number of alkyl halides is 1. The normalized spacial score (nSPS) is 20.2. The molecule has 1 aromatic carbocycles. The van der Waals surface area contributed by atoms with E-state index < -0.39 is 17.6 Å². The summed E-state index contributed by atoms with van der Waals surface area (Å²) in [6.07, 6.45) is 3.33. The smallest absolute Gasteiger partial charge is 0.294 e. The van der Waals surface area contributed by atoms with Crippen LogP contribution in [0.4, 0.5) is 27.5 Å². The summed E-state index contributed by atoms with van der Waals surface area (Å²) in [5, 5.41) is 14.7. The van der Waals surface area contributed by atoms with Crippen molar-refractivity contribution in [2.45, 2.75) is 51.2 Å². The van der Waals surface area contributed by atoms with E-state index in [9.17, 15) is 19.2 Å². The van der Waals surface area contributed by atoms with Gasteiger partial charge in [0.15, 0.2) is 18.2 Å². The number of nitrogens with zero attached hydrogens (tertiary/aromatic N) is 9. The van der Waals surface area contributed by atoms with E-state index in [0.717, 1.165) is 42.8 Å². The number of ether oxygens (including phenoxy) is 1. The van der Waals surface area contributed by atoms with Gasteiger partial charge in [0.05, 0.1) is 47.4 Å². The van der Waals surface area contributed by atoms with Crippen LogP contribution in [0.15, 0.2) is 47.5 Å². The van der Waals surface area contributed by atoms with E-state index in [0.29, 0.717) is 66.5 Å². The predicted octanol–water partition coefficient (Wildman–Crippen LogP) is 3.68. The Bertz CT molecular complexity index is 2520. The Morgan fingerprint density at radius 3 is 2.58 bits per heavy atom. The lowest BCUT2D eigenvalue weighted by atomic mass is 9.92. The second kappa shape index (κ2) is 17.0. The van der Waals surface area contributed by atoms with E-state index in [1.54, 1.807) is 18.3 Å². The fraction of sp³-hybridized carbons (Fsp3) is 0.463. The predicted molar refractivity (Wildman–Crippen MR) is 226 cm³/mol. The fourth-order valence-corrected chi connectivity index (χ4v) is 8.59. The topological polar surface area (TPSA) is 185 Å². The number of nitrogens with one attached hydrogen (secondary N) is 3. The van der Waals surface area contributed by atoms with Gasteiger partial charge in [-0.2, -0.15) is 10.1 Å². The first-order valence-corrected chi connectivity index (χ1v) is 20.6. The Kier molecular flexibility index (Phi) is 11.6. The van der Waals surface area contributed by atoms with Gasteiger partial charge in [0.2, 0.25) is 17.8 Å². The highest BCUT2D eigenvalue weighted by Gasteiger charge is 2.35. The van der Waals surface area contributed by atoms with Gasteiger partial charge in [0, 0.05) is 82.5 Å². The first-order chi connectivity index (χ1) is 28.9. The number of fused-ring (bicyclic) bond motifs is 2. The first-order valence-electron chi connectivity index (χ1n) is 20.2. The van der Waals surface area contributed by atoms with Crippen LogP contribution in [0.2, 0.25) is 5.02 Å². The molecule has 7 heterocycles. The van der Waals surface area contributed by atoms with Gasteiger partial charge in [-0.05, 0) is 44.9 Å². The Balaban J connectivity index is 0.895. The molecule has 0 aliphatic carbocycles. The number of piperazine rings is 1. The number of aromatic nitrogens is 6. The zero-order valence-electron chi connectivity index (χ0n) is 34.0. The van der Waals surface area contributed by atoms with Crippen molar-refractivity contribution in [1.82, 2.24) is 44.8 Å². The summed E-state index contributed by atoms with van der Waals surface area (Å²) < 4.78 is 24.9. The number of likely N-dealkylation sites (N-methyl/N-ethyl adjacent to an activating group) is 1. The number of imide groups is 1. The van der Waals surface area contributed by atoms with Crippen molar-refractivity contribution in [2.75, 3.05) is 74.6 Å². The highest BCUT2D eigenvalue weighted by atomic mass is 35.5. The van der Waals surface area contributed by atoms with Crippen molar-refractivity contribution < 1.29 is 23.5 Å². The van der Waals surface area contributed by atoms with Gasteiger partial charge in [0.1, 0.15) is 16.8 Å². The number of carbonyl (C=O) groups is 3. The number of carbonyl (C=O) groups excluding carboxylic acids is 3. The molecule has 60 heavy (non-hydrogen) atoms. The number of para-hydroxylation sites is 1. The maximum Gasteiger partial charge on any atom is 0.294 e. The van der Waals surface area contributed by atoms with Crippen molar-refractivity contribution in [3.63, 3.8) is 0 Å². The summed E-state index contributed by atoms with van der Waals surface area (Å²) in [6.45, 7) is 7.86. The van der Waals surface area contributed by atoms with Crippen LogP contribution in [0.25, 0.3) is 21.9 Å². The average molecular weight is 843 g/mol. The number of amides is 3. The van der Waals surface area contributed by atoms with Crippen molar-refractivity contribution in [2.24, 2.45) is 13.0 Å². The number of piperidine rings is 2. The number of halogens is 2. The van der Waals surface area contributed by atoms with Crippen molar-refractivity contribution >= 4 is 74.4 Å². The molecule has 3 atom stereocenters. The maximum atomic E-state index is 16.0. The number of hydrogen-bond donors (Lipinski definition) is 3. The van der Waals surface area contributed by atoms with E-state index in [2.05, 4.69) is 46.8 Å². The summed E-state index contributed by atoms with van der Waals surface area (Å²) in [5.41, 5.74) is 3.29. The SMILES string of the molecule is CNC(=O)COc1cc2cc(Nc3nc(N4CCC(CN5CCN(c6cccc7c(C8CCC(=O)NC8=O)nn(C)c67)CC5)[C@H](F)C4)ncc3Cl)cnc2n(C(C)C)c1=O. The number of hydrogen-bond acceptors (Lipinski definition) is 13. The lowest BCUT2D eigenvalue weighted by Crippen LogP contribution is -2.51. The second-order valence-electron chi connectivity index (χ2n) is 15.9. The quantitative estimate of drug-likeness (QED) is 0.164. The molecule has 3 aliphatic rings. The van der Waals surface area contributed by atoms with Gasteiger partial charge in [-0.3, -0.25) is 38.6 Å². The molecule has 2 unspecified atom stereocenters. The van der Waals surface area contributed by atoms with Crippen molar-refractivity contribution in [3.8, 4) is 5.75 Å². The van der Waals surface area contributed by atoms with Crippen molar-refractivity contribution in [1.29, 1.82) is 0 Å². The molecule has 17 nitrogen and oxygen atoms in total. The molecule has 0 radical (unpaired) electrons.